The molecule has 7 heteroatoms. The van der Waals surface area contributed by atoms with Crippen LogP contribution in [0.3, 0.4) is 0 Å². The van der Waals surface area contributed by atoms with Crippen LogP contribution in [0.4, 0.5) is 8.78 Å². The van der Waals surface area contributed by atoms with E-state index in [-0.39, 0.29) is 17.6 Å². The highest BCUT2D eigenvalue weighted by Crippen LogP contribution is 2.29. The molecule has 3 aromatic rings. The van der Waals surface area contributed by atoms with E-state index < -0.39 is 5.95 Å². The van der Waals surface area contributed by atoms with E-state index in [4.69, 9.17) is 0 Å². The Kier molecular flexibility index (Phi) is 4.66. The molecule has 0 radical (unpaired) electrons. The highest BCUT2D eigenvalue weighted by Gasteiger charge is 2.27. The molecular weight excluding hydrogens is 350 g/mol. The monoisotopic (exact) mass is 368 g/mol. The molecule has 1 aliphatic rings. The van der Waals surface area contributed by atoms with Gasteiger partial charge in [-0.15, -0.1) is 0 Å². The van der Waals surface area contributed by atoms with E-state index in [1.165, 1.54) is 30.5 Å². The largest absolute Gasteiger partial charge is 0.338 e. The van der Waals surface area contributed by atoms with Gasteiger partial charge in [-0.05, 0) is 55.3 Å². The Morgan fingerprint density at radius 2 is 1.96 bits per heavy atom. The maximum atomic E-state index is 13.1. The zero-order chi connectivity index (χ0) is 18.8. The standard InChI is InChI=1S/C20H18F2N4O/c21-16-6-3-13(4-7-16)17-10-18(25-24-17)15-2-1-9-26(12-15)20(27)14-5-8-19(22)23-11-14/h3-8,10-11,15H,1-2,9,12H2,(H,24,25)/t15-/m0/s1. The Morgan fingerprint density at radius 3 is 2.70 bits per heavy atom. The van der Waals surface area contributed by atoms with E-state index in [0.29, 0.717) is 18.7 Å². The molecule has 27 heavy (non-hydrogen) atoms. The average molecular weight is 368 g/mol. The zero-order valence-electron chi connectivity index (χ0n) is 14.5. The number of benzene rings is 1. The van der Waals surface area contributed by atoms with Gasteiger partial charge in [-0.2, -0.15) is 9.49 Å². The summed E-state index contributed by atoms with van der Waals surface area (Å²) in [7, 11) is 0. The minimum atomic E-state index is -0.603. The molecule has 1 saturated heterocycles. The Bertz CT molecular complexity index is 937. The van der Waals surface area contributed by atoms with Gasteiger partial charge in [0.25, 0.3) is 5.91 Å². The maximum absolute atomic E-state index is 13.1. The number of H-pyrrole nitrogens is 1. The molecule has 1 amide bonds. The quantitative estimate of drug-likeness (QED) is 0.716. The lowest BCUT2D eigenvalue weighted by atomic mass is 9.94. The van der Waals surface area contributed by atoms with Crippen LogP contribution in [0.2, 0.25) is 0 Å². The number of pyridine rings is 1. The van der Waals surface area contributed by atoms with Crippen LogP contribution < -0.4 is 0 Å². The summed E-state index contributed by atoms with van der Waals surface area (Å²) in [4.78, 5) is 18.0. The van der Waals surface area contributed by atoms with Crippen molar-refractivity contribution >= 4 is 5.91 Å². The summed E-state index contributed by atoms with van der Waals surface area (Å²) in [6.45, 7) is 1.22. The smallest absolute Gasteiger partial charge is 0.255 e. The summed E-state index contributed by atoms with van der Waals surface area (Å²) in [5.74, 6) is -0.900. The first-order chi connectivity index (χ1) is 13.1. The van der Waals surface area contributed by atoms with Gasteiger partial charge in [0.1, 0.15) is 5.82 Å². The van der Waals surface area contributed by atoms with Crippen LogP contribution in [0.5, 0.6) is 0 Å². The first kappa shape index (κ1) is 17.3. The second-order valence-corrected chi connectivity index (χ2v) is 6.68. The molecule has 0 aliphatic carbocycles. The first-order valence-corrected chi connectivity index (χ1v) is 8.82. The fraction of sp³-hybridized carbons (Fsp3) is 0.250. The molecule has 0 bridgehead atoms. The third kappa shape index (κ3) is 3.72. The van der Waals surface area contributed by atoms with E-state index in [2.05, 4.69) is 15.2 Å². The predicted octanol–water partition coefficient (Wildman–Crippen LogP) is 3.77. The van der Waals surface area contributed by atoms with Crippen molar-refractivity contribution in [2.45, 2.75) is 18.8 Å². The van der Waals surface area contributed by atoms with Gasteiger partial charge >= 0.3 is 0 Å². The van der Waals surface area contributed by atoms with E-state index in [1.807, 2.05) is 6.07 Å². The van der Waals surface area contributed by atoms with Crippen LogP contribution in [-0.2, 0) is 0 Å². The van der Waals surface area contributed by atoms with Gasteiger partial charge in [-0.1, -0.05) is 0 Å². The van der Waals surface area contributed by atoms with Gasteiger partial charge in [0.05, 0.1) is 11.3 Å². The van der Waals surface area contributed by atoms with Crippen molar-refractivity contribution in [3.8, 4) is 11.3 Å². The Morgan fingerprint density at radius 1 is 1.15 bits per heavy atom. The van der Waals surface area contributed by atoms with Gasteiger partial charge in [0.2, 0.25) is 5.95 Å². The normalized spacial score (nSPS) is 17.1. The number of hydrogen-bond donors (Lipinski definition) is 1. The molecule has 1 atom stereocenters. The van der Waals surface area contributed by atoms with Crippen molar-refractivity contribution in [1.82, 2.24) is 20.1 Å². The Labute approximate surface area is 155 Å². The summed E-state index contributed by atoms with van der Waals surface area (Å²) in [6, 6.07) is 10.8. The van der Waals surface area contributed by atoms with Crippen LogP contribution in [-0.4, -0.2) is 39.1 Å². The van der Waals surface area contributed by atoms with Crippen molar-refractivity contribution < 1.29 is 13.6 Å². The van der Waals surface area contributed by atoms with E-state index in [9.17, 15) is 13.6 Å². The van der Waals surface area contributed by atoms with Gasteiger partial charge in [-0.25, -0.2) is 9.37 Å². The summed E-state index contributed by atoms with van der Waals surface area (Å²) in [5.41, 5.74) is 2.91. The number of likely N-dealkylation sites (tertiary alicyclic amines) is 1. The molecule has 2 aromatic heterocycles. The van der Waals surface area contributed by atoms with Crippen LogP contribution in [0.15, 0.2) is 48.7 Å². The van der Waals surface area contributed by atoms with Gasteiger partial charge in [0.15, 0.2) is 0 Å². The van der Waals surface area contributed by atoms with E-state index in [1.54, 1.807) is 17.0 Å². The number of aromatic nitrogens is 3. The van der Waals surface area contributed by atoms with Crippen LogP contribution in [0.1, 0.15) is 34.8 Å². The third-order valence-electron chi connectivity index (χ3n) is 4.86. The van der Waals surface area contributed by atoms with Crippen LogP contribution >= 0.6 is 0 Å². The van der Waals surface area contributed by atoms with Gasteiger partial charge < -0.3 is 4.90 Å². The van der Waals surface area contributed by atoms with Crippen molar-refractivity contribution in [3.63, 3.8) is 0 Å². The number of halogens is 2. The highest BCUT2D eigenvalue weighted by atomic mass is 19.1. The Hall–Kier alpha value is -3.09. The number of carbonyl (C=O) groups excluding carboxylic acids is 1. The fourth-order valence-electron chi connectivity index (χ4n) is 3.41. The topological polar surface area (TPSA) is 61.9 Å². The second kappa shape index (κ2) is 7.26. The molecular formula is C20H18F2N4O. The minimum absolute atomic E-state index is 0.137. The van der Waals surface area contributed by atoms with Crippen LogP contribution in [0.25, 0.3) is 11.3 Å². The molecule has 3 heterocycles. The SMILES string of the molecule is O=C(c1ccc(F)nc1)N1CCC[C@H](c2cc(-c3ccc(F)cc3)n[nH]2)C1. The molecule has 5 nitrogen and oxygen atoms in total. The number of rotatable bonds is 3. The molecule has 1 fully saturated rings. The predicted molar refractivity (Wildman–Crippen MR) is 96.1 cm³/mol. The van der Waals surface area contributed by atoms with E-state index in [0.717, 1.165) is 29.8 Å². The van der Waals surface area contributed by atoms with Crippen molar-refractivity contribution in [1.29, 1.82) is 0 Å². The molecule has 1 aromatic carbocycles. The summed E-state index contributed by atoms with van der Waals surface area (Å²) < 4.78 is 26.1. The second-order valence-electron chi connectivity index (χ2n) is 6.68. The minimum Gasteiger partial charge on any atom is -0.338 e. The first-order valence-electron chi connectivity index (χ1n) is 8.82. The van der Waals surface area contributed by atoms with Crippen LogP contribution in [0, 0.1) is 11.8 Å². The lowest BCUT2D eigenvalue weighted by Crippen LogP contribution is -2.39. The molecule has 0 unspecified atom stereocenters. The average Bonchev–Trinajstić information content (AvgIpc) is 3.19. The molecule has 4 rings (SSSR count). The van der Waals surface area contributed by atoms with Crippen molar-refractivity contribution in [2.75, 3.05) is 13.1 Å². The summed E-state index contributed by atoms with van der Waals surface area (Å²) in [6.07, 6.45) is 3.08. The van der Waals surface area contributed by atoms with E-state index >= 15 is 0 Å². The van der Waals surface area contributed by atoms with Crippen molar-refractivity contribution in [3.05, 3.63) is 71.7 Å². The molecule has 1 N–H and O–H groups in total. The lowest BCUT2D eigenvalue weighted by Gasteiger charge is -2.32. The number of carbonyl (C=O) groups is 1. The summed E-state index contributed by atoms with van der Waals surface area (Å²) in [5, 5.41) is 7.38. The molecule has 1 aliphatic heterocycles. The lowest BCUT2D eigenvalue weighted by molar-refractivity contribution is 0.0705. The Balaban J connectivity index is 1.49. The number of nitrogens with one attached hydrogen (secondary N) is 1. The number of aromatic amines is 1. The fourth-order valence-corrected chi connectivity index (χ4v) is 3.41. The molecule has 0 saturated carbocycles. The highest BCUT2D eigenvalue weighted by molar-refractivity contribution is 5.94. The third-order valence-corrected chi connectivity index (χ3v) is 4.86. The number of piperidine rings is 1. The molecule has 138 valence electrons. The molecule has 0 spiro atoms. The summed E-state index contributed by atoms with van der Waals surface area (Å²) >= 11 is 0. The van der Waals surface area contributed by atoms with Gasteiger partial charge in [0, 0.05) is 36.5 Å². The number of hydrogen-bond acceptors (Lipinski definition) is 3. The zero-order valence-corrected chi connectivity index (χ0v) is 14.5. The number of nitrogens with zero attached hydrogens (tertiary/aromatic N) is 3. The number of amides is 1. The van der Waals surface area contributed by atoms with Crippen molar-refractivity contribution in [2.24, 2.45) is 0 Å². The maximum Gasteiger partial charge on any atom is 0.255 e. The van der Waals surface area contributed by atoms with Gasteiger partial charge in [-0.3, -0.25) is 9.89 Å².